The van der Waals surface area contributed by atoms with Crippen molar-refractivity contribution in [2.75, 3.05) is 50.7 Å². The Morgan fingerprint density at radius 2 is 2.19 bits per heavy atom. The lowest BCUT2D eigenvalue weighted by Crippen LogP contribution is -2.41. The molecule has 0 saturated carbocycles. The number of rotatable bonds is 7. The fourth-order valence-electron chi connectivity index (χ4n) is 2.91. The minimum absolute atomic E-state index is 0.146. The molecule has 0 amide bonds. The van der Waals surface area contributed by atoms with Gasteiger partial charge >= 0.3 is 0 Å². The number of nitrogens with zero attached hydrogens (tertiary/aromatic N) is 3. The molecule has 8 nitrogen and oxygen atoms in total. The summed E-state index contributed by atoms with van der Waals surface area (Å²) in [7, 11) is 1.62. The molecule has 0 bridgehead atoms. The first-order chi connectivity index (χ1) is 13.1. The van der Waals surface area contributed by atoms with Crippen LogP contribution >= 0.6 is 0 Å². The third-order valence-corrected chi connectivity index (χ3v) is 4.32. The number of nitrogens with one attached hydrogen (secondary N) is 1. The van der Waals surface area contributed by atoms with E-state index in [1.807, 2.05) is 13.0 Å². The predicted octanol–water partition coefficient (Wildman–Crippen LogP) is 1.73. The fourth-order valence-corrected chi connectivity index (χ4v) is 2.91. The van der Waals surface area contributed by atoms with Crippen molar-refractivity contribution < 1.29 is 14.2 Å². The van der Waals surface area contributed by atoms with Crippen molar-refractivity contribution in [2.24, 2.45) is 0 Å². The van der Waals surface area contributed by atoms with Crippen LogP contribution in [0.2, 0.25) is 0 Å². The van der Waals surface area contributed by atoms with Crippen molar-refractivity contribution in [1.82, 2.24) is 9.97 Å². The summed E-state index contributed by atoms with van der Waals surface area (Å²) in [5.74, 6) is 1.42. The molecule has 3 N–H and O–H groups in total. The van der Waals surface area contributed by atoms with Crippen LogP contribution < -0.4 is 15.4 Å². The van der Waals surface area contributed by atoms with Gasteiger partial charge in [-0.15, -0.1) is 0 Å². The van der Waals surface area contributed by atoms with Crippen LogP contribution in [0.15, 0.2) is 30.6 Å². The maximum Gasteiger partial charge on any atom is 0.132 e. The molecular weight excluding hydrogens is 346 g/mol. The molecule has 0 radical (unpaired) electrons. The van der Waals surface area contributed by atoms with Gasteiger partial charge in [-0.25, -0.2) is 9.97 Å². The molecule has 3 rings (SSSR count). The topological polar surface area (TPSA) is 107 Å². The Bertz CT molecular complexity index is 799. The number of aromatic nitrogens is 2. The van der Waals surface area contributed by atoms with Crippen molar-refractivity contribution in [3.63, 3.8) is 0 Å². The van der Waals surface area contributed by atoms with Gasteiger partial charge in [-0.2, -0.15) is 0 Å². The SMILES string of the molecule is COCCOc1ccc(N)c(C(=N)c2cc(N3CCO[C@@H](C)C3)ncn2)c1. The summed E-state index contributed by atoms with van der Waals surface area (Å²) in [6.07, 6.45) is 1.63. The quantitative estimate of drug-likeness (QED) is 0.433. The van der Waals surface area contributed by atoms with Gasteiger partial charge in [0, 0.05) is 37.5 Å². The maximum absolute atomic E-state index is 8.58. The summed E-state index contributed by atoms with van der Waals surface area (Å²) < 4.78 is 16.2. The predicted molar refractivity (Wildman–Crippen MR) is 104 cm³/mol. The Morgan fingerprint density at radius 1 is 1.33 bits per heavy atom. The minimum atomic E-state index is 0.146. The molecule has 1 fully saturated rings. The van der Waals surface area contributed by atoms with E-state index in [4.69, 9.17) is 25.4 Å². The summed E-state index contributed by atoms with van der Waals surface area (Å²) in [5, 5.41) is 8.58. The van der Waals surface area contributed by atoms with Gasteiger partial charge in [0.1, 0.15) is 24.5 Å². The maximum atomic E-state index is 8.58. The second kappa shape index (κ2) is 8.79. The third kappa shape index (κ3) is 4.72. The average Bonchev–Trinajstić information content (AvgIpc) is 2.69. The zero-order valence-electron chi connectivity index (χ0n) is 15.6. The van der Waals surface area contributed by atoms with Crippen LogP contribution in [0.3, 0.4) is 0 Å². The van der Waals surface area contributed by atoms with E-state index in [-0.39, 0.29) is 11.8 Å². The summed E-state index contributed by atoms with van der Waals surface area (Å²) in [6, 6.07) is 7.09. The number of nitrogens with two attached hydrogens (primary N) is 1. The first kappa shape index (κ1) is 19.1. The number of ether oxygens (including phenoxy) is 3. The van der Waals surface area contributed by atoms with Gasteiger partial charge in [0.25, 0.3) is 0 Å². The summed E-state index contributed by atoms with van der Waals surface area (Å²) in [4.78, 5) is 10.8. The van der Waals surface area contributed by atoms with E-state index < -0.39 is 0 Å². The third-order valence-electron chi connectivity index (χ3n) is 4.32. The van der Waals surface area contributed by atoms with Crippen LogP contribution in [0.4, 0.5) is 11.5 Å². The molecule has 2 aromatic rings. The van der Waals surface area contributed by atoms with Crippen molar-refractivity contribution in [3.8, 4) is 5.75 Å². The highest BCUT2D eigenvalue weighted by Gasteiger charge is 2.19. The van der Waals surface area contributed by atoms with Crippen molar-refractivity contribution in [2.45, 2.75) is 13.0 Å². The second-order valence-electron chi connectivity index (χ2n) is 6.35. The van der Waals surface area contributed by atoms with E-state index in [0.29, 0.717) is 42.5 Å². The van der Waals surface area contributed by atoms with E-state index in [2.05, 4.69) is 14.9 Å². The van der Waals surface area contributed by atoms with Gasteiger partial charge in [-0.3, -0.25) is 5.41 Å². The molecular formula is C19H25N5O3. The molecule has 0 aliphatic carbocycles. The lowest BCUT2D eigenvalue weighted by Gasteiger charge is -2.32. The zero-order chi connectivity index (χ0) is 19.2. The van der Waals surface area contributed by atoms with Crippen LogP contribution in [0, 0.1) is 5.41 Å². The molecule has 1 aliphatic heterocycles. The molecule has 1 saturated heterocycles. The Balaban J connectivity index is 1.81. The highest BCUT2D eigenvalue weighted by atomic mass is 16.5. The van der Waals surface area contributed by atoms with E-state index in [1.165, 1.54) is 6.33 Å². The lowest BCUT2D eigenvalue weighted by atomic mass is 10.0. The monoisotopic (exact) mass is 371 g/mol. The first-order valence-electron chi connectivity index (χ1n) is 8.87. The Labute approximate surface area is 158 Å². The number of anilines is 2. The van der Waals surface area contributed by atoms with Crippen LogP contribution in [-0.4, -0.2) is 61.8 Å². The average molecular weight is 371 g/mol. The molecule has 2 heterocycles. The molecule has 8 heteroatoms. The molecule has 0 unspecified atom stereocenters. The smallest absolute Gasteiger partial charge is 0.132 e. The van der Waals surface area contributed by atoms with Gasteiger partial charge < -0.3 is 24.8 Å². The van der Waals surface area contributed by atoms with E-state index in [0.717, 1.165) is 18.9 Å². The normalized spacial score (nSPS) is 17.0. The highest BCUT2D eigenvalue weighted by Crippen LogP contribution is 2.23. The van der Waals surface area contributed by atoms with Crippen molar-refractivity contribution >= 4 is 17.2 Å². The van der Waals surface area contributed by atoms with Gasteiger partial charge in [0.05, 0.1) is 30.7 Å². The Kier molecular flexibility index (Phi) is 6.20. The molecule has 1 aromatic heterocycles. The lowest BCUT2D eigenvalue weighted by molar-refractivity contribution is 0.0529. The molecule has 1 aromatic carbocycles. The summed E-state index contributed by atoms with van der Waals surface area (Å²) in [6.45, 7) is 5.14. The summed E-state index contributed by atoms with van der Waals surface area (Å²) in [5.41, 5.74) is 7.91. The van der Waals surface area contributed by atoms with Gasteiger partial charge in [0.2, 0.25) is 0 Å². The first-order valence-corrected chi connectivity index (χ1v) is 8.87. The molecule has 144 valence electrons. The minimum Gasteiger partial charge on any atom is -0.491 e. The fraction of sp³-hybridized carbons (Fsp3) is 0.421. The van der Waals surface area contributed by atoms with Crippen molar-refractivity contribution in [3.05, 3.63) is 41.9 Å². The Hall–Kier alpha value is -2.71. The number of hydrogen-bond acceptors (Lipinski definition) is 8. The van der Waals surface area contributed by atoms with Crippen LogP contribution in [0.5, 0.6) is 5.75 Å². The van der Waals surface area contributed by atoms with Gasteiger partial charge in [-0.1, -0.05) is 0 Å². The molecule has 27 heavy (non-hydrogen) atoms. The molecule has 0 spiro atoms. The molecule has 1 atom stereocenters. The van der Waals surface area contributed by atoms with Crippen LogP contribution in [0.1, 0.15) is 18.2 Å². The van der Waals surface area contributed by atoms with E-state index >= 15 is 0 Å². The standard InChI is InChI=1S/C19H25N5O3/c1-13-11-24(5-6-26-13)18-10-17(22-12-23-18)19(21)15-9-14(3-4-16(15)20)27-8-7-25-2/h3-4,9-10,12-13,21H,5-8,11,20H2,1-2H3/t13-/m0/s1. The Morgan fingerprint density at radius 3 is 2.96 bits per heavy atom. The highest BCUT2D eigenvalue weighted by molar-refractivity contribution is 6.13. The number of methoxy groups -OCH3 is 1. The van der Waals surface area contributed by atoms with Crippen LogP contribution in [-0.2, 0) is 9.47 Å². The van der Waals surface area contributed by atoms with Gasteiger partial charge in [0.15, 0.2) is 0 Å². The molecule has 1 aliphatic rings. The number of hydrogen-bond donors (Lipinski definition) is 2. The van der Waals surface area contributed by atoms with E-state index in [9.17, 15) is 0 Å². The number of benzene rings is 1. The van der Waals surface area contributed by atoms with Gasteiger partial charge in [-0.05, 0) is 25.1 Å². The summed E-state index contributed by atoms with van der Waals surface area (Å²) >= 11 is 0. The second-order valence-corrected chi connectivity index (χ2v) is 6.35. The number of nitrogen functional groups attached to an aromatic ring is 1. The largest absolute Gasteiger partial charge is 0.491 e. The van der Waals surface area contributed by atoms with Crippen LogP contribution in [0.25, 0.3) is 0 Å². The van der Waals surface area contributed by atoms with Crippen molar-refractivity contribution in [1.29, 1.82) is 5.41 Å². The zero-order valence-corrected chi connectivity index (χ0v) is 15.6. The number of morpholine rings is 1. The van der Waals surface area contributed by atoms with E-state index in [1.54, 1.807) is 25.3 Å².